The normalized spacial score (nSPS) is 11.0. The standard InChI is InChI=1S/C36H24N6O/c1-23-12-13-39-35(16-23)42-33-9-4-3-8-31(33)32-11-10-29(18-34(32)42)43-30-15-24(2)14-28(17-30)41-22-27(21-40-41)36-25(19-37)6-5-7-26(36)20-38/h3-18,21-22H,1-2H3. The Morgan fingerprint density at radius 3 is 2.30 bits per heavy atom. The van der Waals surface area contributed by atoms with Crippen molar-refractivity contribution in [2.45, 2.75) is 13.8 Å². The summed E-state index contributed by atoms with van der Waals surface area (Å²) in [5, 5.41) is 26.1. The van der Waals surface area contributed by atoms with Crippen molar-refractivity contribution < 1.29 is 4.74 Å². The summed E-state index contributed by atoms with van der Waals surface area (Å²) in [6.45, 7) is 4.07. The summed E-state index contributed by atoms with van der Waals surface area (Å²) in [5.41, 5.74) is 7.16. The van der Waals surface area contributed by atoms with Gasteiger partial charge in [-0.1, -0.05) is 24.3 Å². The lowest BCUT2D eigenvalue weighted by Crippen LogP contribution is -1.98. The fraction of sp³-hybridized carbons (Fsp3) is 0.0556. The fourth-order valence-electron chi connectivity index (χ4n) is 5.60. The quantitative estimate of drug-likeness (QED) is 0.213. The highest BCUT2D eigenvalue weighted by molar-refractivity contribution is 6.09. The molecule has 0 aliphatic heterocycles. The third-order valence-corrected chi connectivity index (χ3v) is 7.49. The molecular formula is C36H24N6O. The van der Waals surface area contributed by atoms with Crippen LogP contribution in [-0.2, 0) is 0 Å². The first kappa shape index (κ1) is 25.8. The van der Waals surface area contributed by atoms with E-state index in [2.05, 4.69) is 70.1 Å². The number of aryl methyl sites for hydroxylation is 2. The second-order valence-electron chi connectivity index (χ2n) is 10.5. The van der Waals surface area contributed by atoms with Crippen molar-refractivity contribution in [1.82, 2.24) is 19.3 Å². The lowest BCUT2D eigenvalue weighted by molar-refractivity contribution is 0.482. The molecule has 7 heteroatoms. The summed E-state index contributed by atoms with van der Waals surface area (Å²) >= 11 is 0. The molecule has 7 rings (SSSR count). The summed E-state index contributed by atoms with van der Waals surface area (Å²) in [6.07, 6.45) is 5.33. The van der Waals surface area contributed by atoms with Gasteiger partial charge in [0, 0.05) is 46.4 Å². The first-order valence-electron chi connectivity index (χ1n) is 13.8. The molecule has 3 aromatic heterocycles. The number of ether oxygens (including phenoxy) is 1. The van der Waals surface area contributed by atoms with Crippen molar-refractivity contribution in [1.29, 1.82) is 10.5 Å². The topological polar surface area (TPSA) is 92.5 Å². The van der Waals surface area contributed by atoms with Crippen LogP contribution in [0.25, 0.3) is 44.4 Å². The van der Waals surface area contributed by atoms with E-state index in [1.54, 1.807) is 29.1 Å². The van der Waals surface area contributed by atoms with Gasteiger partial charge in [0.25, 0.3) is 0 Å². The van der Waals surface area contributed by atoms with E-state index in [-0.39, 0.29) is 0 Å². The Labute approximate surface area is 248 Å². The van der Waals surface area contributed by atoms with Crippen molar-refractivity contribution in [2.24, 2.45) is 0 Å². The molecule has 0 amide bonds. The largest absolute Gasteiger partial charge is 0.457 e. The maximum atomic E-state index is 9.63. The zero-order valence-corrected chi connectivity index (χ0v) is 23.5. The zero-order chi connectivity index (χ0) is 29.5. The highest BCUT2D eigenvalue weighted by atomic mass is 16.5. The Morgan fingerprint density at radius 2 is 1.51 bits per heavy atom. The predicted molar refractivity (Wildman–Crippen MR) is 167 cm³/mol. The lowest BCUT2D eigenvalue weighted by Gasteiger charge is -2.11. The number of aromatic nitrogens is 4. The van der Waals surface area contributed by atoms with E-state index in [1.807, 2.05) is 55.7 Å². The fourth-order valence-corrected chi connectivity index (χ4v) is 5.60. The van der Waals surface area contributed by atoms with Gasteiger partial charge in [-0.15, -0.1) is 0 Å². The van der Waals surface area contributed by atoms with Gasteiger partial charge in [-0.2, -0.15) is 15.6 Å². The highest BCUT2D eigenvalue weighted by Crippen LogP contribution is 2.36. The smallest absolute Gasteiger partial charge is 0.137 e. The summed E-state index contributed by atoms with van der Waals surface area (Å²) in [4.78, 5) is 4.68. The Balaban J connectivity index is 1.28. The van der Waals surface area contributed by atoms with E-state index in [9.17, 15) is 10.5 Å². The number of pyridine rings is 1. The Bertz CT molecular complexity index is 2250. The second-order valence-corrected chi connectivity index (χ2v) is 10.5. The van der Waals surface area contributed by atoms with Crippen LogP contribution in [0.3, 0.4) is 0 Å². The molecule has 0 radical (unpaired) electrons. The SMILES string of the molecule is Cc1cc(Oc2ccc3c4ccccc4n(-c4cc(C)ccn4)c3c2)cc(-n2cc(-c3c(C#N)cccc3C#N)cn2)c1. The molecule has 3 heterocycles. The van der Waals surface area contributed by atoms with Crippen molar-refractivity contribution in [3.05, 3.63) is 132 Å². The number of hydrogen-bond acceptors (Lipinski definition) is 5. The molecule has 7 nitrogen and oxygen atoms in total. The molecule has 4 aromatic carbocycles. The van der Waals surface area contributed by atoms with Crippen LogP contribution in [0.5, 0.6) is 11.5 Å². The zero-order valence-electron chi connectivity index (χ0n) is 23.5. The third-order valence-electron chi connectivity index (χ3n) is 7.49. The van der Waals surface area contributed by atoms with Crippen LogP contribution in [0.1, 0.15) is 22.3 Å². The van der Waals surface area contributed by atoms with Gasteiger partial charge in [0.1, 0.15) is 17.3 Å². The van der Waals surface area contributed by atoms with E-state index >= 15 is 0 Å². The van der Waals surface area contributed by atoms with Crippen LogP contribution in [0.2, 0.25) is 0 Å². The monoisotopic (exact) mass is 556 g/mol. The van der Waals surface area contributed by atoms with Crippen LogP contribution in [0.15, 0.2) is 110 Å². The molecule has 0 unspecified atom stereocenters. The molecule has 43 heavy (non-hydrogen) atoms. The number of rotatable bonds is 5. The average molecular weight is 557 g/mol. The van der Waals surface area contributed by atoms with Gasteiger partial charge in [-0.3, -0.25) is 4.57 Å². The first-order chi connectivity index (χ1) is 21.0. The summed E-state index contributed by atoms with van der Waals surface area (Å²) in [5.74, 6) is 2.22. The number of fused-ring (bicyclic) bond motifs is 3. The van der Waals surface area contributed by atoms with E-state index in [0.29, 0.717) is 33.8 Å². The number of nitriles is 2. The van der Waals surface area contributed by atoms with Crippen molar-refractivity contribution in [3.8, 4) is 46.3 Å². The minimum Gasteiger partial charge on any atom is -0.457 e. The molecule has 0 saturated carbocycles. The first-order valence-corrected chi connectivity index (χ1v) is 13.8. The molecular weight excluding hydrogens is 532 g/mol. The van der Waals surface area contributed by atoms with Gasteiger partial charge >= 0.3 is 0 Å². The van der Waals surface area contributed by atoms with E-state index in [4.69, 9.17) is 4.74 Å². The second kappa shape index (κ2) is 10.3. The number of hydrogen-bond donors (Lipinski definition) is 0. The number of benzene rings is 4. The van der Waals surface area contributed by atoms with Crippen LogP contribution >= 0.6 is 0 Å². The highest BCUT2D eigenvalue weighted by Gasteiger charge is 2.16. The van der Waals surface area contributed by atoms with E-state index in [0.717, 1.165) is 44.4 Å². The van der Waals surface area contributed by atoms with Gasteiger partial charge in [-0.05, 0) is 79.6 Å². The molecule has 0 spiro atoms. The van der Waals surface area contributed by atoms with Gasteiger partial charge in [-0.25, -0.2) is 9.67 Å². The maximum Gasteiger partial charge on any atom is 0.137 e. The van der Waals surface area contributed by atoms with Crippen molar-refractivity contribution in [2.75, 3.05) is 0 Å². The molecule has 0 aliphatic carbocycles. The van der Waals surface area contributed by atoms with Crippen LogP contribution in [0, 0.1) is 36.5 Å². The third kappa shape index (κ3) is 4.56. The van der Waals surface area contributed by atoms with Crippen LogP contribution in [-0.4, -0.2) is 19.3 Å². The van der Waals surface area contributed by atoms with Crippen LogP contribution < -0.4 is 4.74 Å². The molecule has 0 N–H and O–H groups in total. The summed E-state index contributed by atoms with van der Waals surface area (Å²) in [7, 11) is 0. The van der Waals surface area contributed by atoms with Gasteiger partial charge in [0.2, 0.25) is 0 Å². The minimum atomic E-state index is 0.431. The van der Waals surface area contributed by atoms with E-state index < -0.39 is 0 Å². The maximum absolute atomic E-state index is 9.63. The van der Waals surface area contributed by atoms with Crippen LogP contribution in [0.4, 0.5) is 0 Å². The van der Waals surface area contributed by atoms with Gasteiger partial charge < -0.3 is 4.74 Å². The van der Waals surface area contributed by atoms with Gasteiger partial charge in [0.15, 0.2) is 0 Å². The van der Waals surface area contributed by atoms with E-state index in [1.165, 1.54) is 0 Å². The molecule has 0 aliphatic rings. The Morgan fingerprint density at radius 1 is 0.721 bits per heavy atom. The molecule has 204 valence electrons. The molecule has 7 aromatic rings. The summed E-state index contributed by atoms with van der Waals surface area (Å²) in [6, 6.07) is 34.0. The molecule has 0 bridgehead atoms. The number of para-hydroxylation sites is 1. The van der Waals surface area contributed by atoms with Crippen molar-refractivity contribution >= 4 is 21.8 Å². The predicted octanol–water partition coefficient (Wildman–Crippen LogP) is 8.18. The lowest BCUT2D eigenvalue weighted by atomic mass is 9.98. The van der Waals surface area contributed by atoms with Gasteiger partial charge in [0.05, 0.1) is 46.2 Å². The van der Waals surface area contributed by atoms with Crippen molar-refractivity contribution in [3.63, 3.8) is 0 Å². The summed E-state index contributed by atoms with van der Waals surface area (Å²) < 4.78 is 10.3. The minimum absolute atomic E-state index is 0.431. The average Bonchev–Trinajstić information content (AvgIpc) is 3.63. The number of nitrogens with zero attached hydrogens (tertiary/aromatic N) is 6. The molecule has 0 atom stereocenters. The molecule has 0 saturated heterocycles. The Hall–Kier alpha value is -6.18. The Kier molecular flexibility index (Phi) is 6.19. The molecule has 0 fully saturated rings.